The number of amides is 1. The van der Waals surface area contributed by atoms with Crippen LogP contribution in [0.15, 0.2) is 64.2 Å². The van der Waals surface area contributed by atoms with Gasteiger partial charge in [-0.25, -0.2) is 0 Å². The molecule has 0 aliphatic heterocycles. The number of carbonyl (C=O) groups is 1. The summed E-state index contributed by atoms with van der Waals surface area (Å²) in [5.74, 6) is 0.816. The molecule has 1 amide bonds. The molecule has 0 fully saturated rings. The summed E-state index contributed by atoms with van der Waals surface area (Å²) in [4.78, 5) is 12.4. The molecule has 152 valence electrons. The highest BCUT2D eigenvalue weighted by Crippen LogP contribution is 2.32. The van der Waals surface area contributed by atoms with E-state index in [-0.39, 0.29) is 11.7 Å². The predicted octanol–water partition coefficient (Wildman–Crippen LogP) is 5.59. The third-order valence-corrected chi connectivity index (χ3v) is 5.73. The van der Waals surface area contributed by atoms with Crippen LogP contribution in [-0.2, 0) is 4.79 Å². The Labute approximate surface area is 182 Å². The van der Waals surface area contributed by atoms with E-state index < -0.39 is 0 Å². The van der Waals surface area contributed by atoms with Gasteiger partial charge in [-0.1, -0.05) is 59.8 Å². The Morgan fingerprint density at radius 3 is 2.80 bits per heavy atom. The van der Waals surface area contributed by atoms with Crippen LogP contribution in [0.1, 0.15) is 5.56 Å². The molecular weight excluding hydrogens is 422 g/mol. The zero-order valence-electron chi connectivity index (χ0n) is 16.3. The summed E-state index contributed by atoms with van der Waals surface area (Å²) < 4.78 is 11.1. The number of halogens is 1. The summed E-state index contributed by atoms with van der Waals surface area (Å²) in [6.07, 6.45) is 0. The van der Waals surface area contributed by atoms with Gasteiger partial charge in [-0.15, -0.1) is 10.2 Å². The first-order chi connectivity index (χ1) is 14.5. The van der Waals surface area contributed by atoms with Crippen LogP contribution < -0.4 is 10.1 Å². The summed E-state index contributed by atoms with van der Waals surface area (Å²) in [6, 6.07) is 17.4. The lowest BCUT2D eigenvalue weighted by atomic mass is 10.0. The predicted molar refractivity (Wildman–Crippen MR) is 119 cm³/mol. The molecule has 0 aliphatic carbocycles. The quantitative estimate of drug-likeness (QED) is 0.394. The number of ether oxygens (including phenoxy) is 1. The largest absolute Gasteiger partial charge is 0.495 e. The van der Waals surface area contributed by atoms with Gasteiger partial charge in [-0.2, -0.15) is 0 Å². The Kier molecular flexibility index (Phi) is 5.92. The van der Waals surface area contributed by atoms with Gasteiger partial charge in [0.05, 0.1) is 18.6 Å². The molecule has 1 aromatic heterocycles. The van der Waals surface area contributed by atoms with Crippen LogP contribution in [0.25, 0.3) is 22.2 Å². The number of carbonyl (C=O) groups excluding carboxylic acids is 1. The smallest absolute Gasteiger partial charge is 0.277 e. The second kappa shape index (κ2) is 8.77. The van der Waals surface area contributed by atoms with Crippen LogP contribution in [0.5, 0.6) is 5.75 Å². The third kappa shape index (κ3) is 4.27. The number of methoxy groups -OCH3 is 1. The summed E-state index contributed by atoms with van der Waals surface area (Å²) >= 11 is 7.28. The molecular formula is C22H18ClN3O3S. The van der Waals surface area contributed by atoms with Gasteiger partial charge in [0.25, 0.3) is 5.22 Å². The van der Waals surface area contributed by atoms with Crippen molar-refractivity contribution < 1.29 is 13.9 Å². The minimum Gasteiger partial charge on any atom is -0.495 e. The fourth-order valence-electron chi connectivity index (χ4n) is 3.03. The lowest BCUT2D eigenvalue weighted by Gasteiger charge is -2.11. The van der Waals surface area contributed by atoms with Crippen LogP contribution in [0.3, 0.4) is 0 Å². The monoisotopic (exact) mass is 439 g/mol. The second-order valence-corrected chi connectivity index (χ2v) is 7.87. The Morgan fingerprint density at radius 2 is 1.97 bits per heavy atom. The van der Waals surface area contributed by atoms with Crippen molar-refractivity contribution in [3.63, 3.8) is 0 Å². The highest BCUT2D eigenvalue weighted by Gasteiger charge is 2.15. The van der Waals surface area contributed by atoms with Crippen molar-refractivity contribution in [1.29, 1.82) is 0 Å². The number of aryl methyl sites for hydroxylation is 1. The van der Waals surface area contributed by atoms with Gasteiger partial charge in [0, 0.05) is 16.7 Å². The van der Waals surface area contributed by atoms with Crippen LogP contribution >= 0.6 is 23.4 Å². The number of thioether (sulfide) groups is 1. The first-order valence-corrected chi connectivity index (χ1v) is 10.5. The number of benzene rings is 3. The first kappa shape index (κ1) is 20.3. The molecule has 0 saturated carbocycles. The van der Waals surface area contributed by atoms with E-state index in [4.69, 9.17) is 20.8 Å². The number of hydrogen-bond donors (Lipinski definition) is 1. The van der Waals surface area contributed by atoms with Gasteiger partial charge in [0.1, 0.15) is 5.75 Å². The Hall–Kier alpha value is -3.03. The number of rotatable bonds is 6. The molecule has 3 aromatic carbocycles. The average Bonchev–Trinajstić information content (AvgIpc) is 3.23. The molecule has 0 aliphatic rings. The van der Waals surface area contributed by atoms with Crippen molar-refractivity contribution in [2.45, 2.75) is 12.1 Å². The molecule has 1 heterocycles. The zero-order valence-corrected chi connectivity index (χ0v) is 17.9. The maximum Gasteiger partial charge on any atom is 0.277 e. The molecule has 0 bridgehead atoms. The van der Waals surface area contributed by atoms with E-state index in [1.807, 2.05) is 49.4 Å². The number of nitrogens with zero attached hydrogens (tertiary/aromatic N) is 2. The van der Waals surface area contributed by atoms with E-state index in [0.717, 1.165) is 21.9 Å². The molecule has 0 unspecified atom stereocenters. The third-order valence-electron chi connectivity index (χ3n) is 4.51. The second-order valence-electron chi connectivity index (χ2n) is 6.54. The standard InChI is InChI=1S/C22H18ClN3O3S/c1-13-10-18(19(28-2)11-17(13)23)24-20(27)12-30-22-26-25-21(29-22)16-9-5-7-14-6-3-4-8-15(14)16/h3-11H,12H2,1-2H3,(H,24,27). The number of aromatic nitrogens is 2. The lowest BCUT2D eigenvalue weighted by Crippen LogP contribution is -2.15. The summed E-state index contributed by atoms with van der Waals surface area (Å²) in [6.45, 7) is 1.86. The van der Waals surface area contributed by atoms with Gasteiger partial charge in [0.15, 0.2) is 0 Å². The molecule has 8 heteroatoms. The first-order valence-electron chi connectivity index (χ1n) is 9.13. The molecule has 1 N–H and O–H groups in total. The van der Waals surface area contributed by atoms with Crippen molar-refractivity contribution in [3.8, 4) is 17.2 Å². The van der Waals surface area contributed by atoms with E-state index in [9.17, 15) is 4.79 Å². The molecule has 0 saturated heterocycles. The van der Waals surface area contributed by atoms with Crippen LogP contribution in [0.4, 0.5) is 5.69 Å². The fraction of sp³-hybridized carbons (Fsp3) is 0.136. The maximum atomic E-state index is 12.4. The molecule has 30 heavy (non-hydrogen) atoms. The van der Waals surface area contributed by atoms with Gasteiger partial charge in [-0.3, -0.25) is 4.79 Å². The lowest BCUT2D eigenvalue weighted by molar-refractivity contribution is -0.113. The average molecular weight is 440 g/mol. The Morgan fingerprint density at radius 1 is 1.17 bits per heavy atom. The van der Waals surface area contributed by atoms with Crippen LogP contribution in [0, 0.1) is 6.92 Å². The molecule has 4 aromatic rings. The van der Waals surface area contributed by atoms with Gasteiger partial charge < -0.3 is 14.5 Å². The Balaban J connectivity index is 1.45. The summed E-state index contributed by atoms with van der Waals surface area (Å²) in [5.41, 5.74) is 2.27. The van der Waals surface area contributed by atoms with Gasteiger partial charge in [-0.05, 0) is 35.4 Å². The number of hydrogen-bond acceptors (Lipinski definition) is 6. The van der Waals surface area contributed by atoms with Crippen molar-refractivity contribution in [2.75, 3.05) is 18.2 Å². The summed E-state index contributed by atoms with van der Waals surface area (Å²) in [5, 5.41) is 14.1. The Bertz CT molecular complexity index is 1220. The zero-order chi connectivity index (χ0) is 21.1. The molecule has 0 radical (unpaired) electrons. The molecule has 4 rings (SSSR count). The minimum absolute atomic E-state index is 0.113. The minimum atomic E-state index is -0.218. The SMILES string of the molecule is COc1cc(Cl)c(C)cc1NC(=O)CSc1nnc(-c2cccc3ccccc23)o1. The highest BCUT2D eigenvalue weighted by molar-refractivity contribution is 7.99. The van der Waals surface area contributed by atoms with E-state index in [1.165, 1.54) is 18.9 Å². The van der Waals surface area contributed by atoms with Crippen molar-refractivity contribution in [3.05, 3.63) is 65.2 Å². The summed E-state index contributed by atoms with van der Waals surface area (Å²) in [7, 11) is 1.53. The topological polar surface area (TPSA) is 77.2 Å². The normalized spacial score (nSPS) is 10.9. The number of anilines is 1. The molecule has 0 spiro atoms. The van der Waals surface area contributed by atoms with E-state index in [2.05, 4.69) is 15.5 Å². The highest BCUT2D eigenvalue weighted by atomic mass is 35.5. The van der Waals surface area contributed by atoms with E-state index in [1.54, 1.807) is 12.1 Å². The van der Waals surface area contributed by atoms with Crippen LogP contribution in [-0.4, -0.2) is 29.0 Å². The number of nitrogens with one attached hydrogen (secondary N) is 1. The van der Waals surface area contributed by atoms with Crippen molar-refractivity contribution >= 4 is 45.7 Å². The van der Waals surface area contributed by atoms with Crippen molar-refractivity contribution in [1.82, 2.24) is 10.2 Å². The van der Waals surface area contributed by atoms with Crippen molar-refractivity contribution in [2.24, 2.45) is 0 Å². The fourth-order valence-corrected chi connectivity index (χ4v) is 3.75. The van der Waals surface area contributed by atoms with Gasteiger partial charge >= 0.3 is 0 Å². The van der Waals surface area contributed by atoms with Gasteiger partial charge in [0.2, 0.25) is 11.8 Å². The van der Waals surface area contributed by atoms with E-state index in [0.29, 0.717) is 27.6 Å². The van der Waals surface area contributed by atoms with E-state index >= 15 is 0 Å². The van der Waals surface area contributed by atoms with Crippen LogP contribution in [0.2, 0.25) is 5.02 Å². The maximum absolute atomic E-state index is 12.4. The molecule has 6 nitrogen and oxygen atoms in total. The number of fused-ring (bicyclic) bond motifs is 1. The molecule has 0 atom stereocenters.